The molecule has 0 aliphatic heterocycles. The lowest BCUT2D eigenvalue weighted by molar-refractivity contribution is 0.0998. The lowest BCUT2D eigenvalue weighted by Crippen LogP contribution is -2.10. The first-order valence-corrected chi connectivity index (χ1v) is 9.99. The van der Waals surface area contributed by atoms with Crippen LogP contribution in [0.5, 0.6) is 11.6 Å². The number of rotatable bonds is 5. The first kappa shape index (κ1) is 19.5. The molecule has 0 saturated heterocycles. The molecule has 2 aromatic carbocycles. The molecule has 0 fully saturated rings. The van der Waals surface area contributed by atoms with Gasteiger partial charge in [0.25, 0.3) is 5.91 Å². The van der Waals surface area contributed by atoms with Crippen molar-refractivity contribution in [1.29, 1.82) is 0 Å². The topological polar surface area (TPSA) is 95.1 Å². The maximum absolute atomic E-state index is 12.5. The van der Waals surface area contributed by atoms with Crippen LogP contribution in [0.1, 0.15) is 22.2 Å². The van der Waals surface area contributed by atoms with Gasteiger partial charge in [-0.3, -0.25) is 9.36 Å². The molecule has 0 bridgehead atoms. The van der Waals surface area contributed by atoms with Gasteiger partial charge < -0.3 is 14.5 Å². The zero-order valence-corrected chi connectivity index (χ0v) is 17.4. The second kappa shape index (κ2) is 7.99. The van der Waals surface area contributed by atoms with Crippen LogP contribution in [0, 0.1) is 13.8 Å². The molecule has 0 spiro atoms. The molecule has 32 heavy (non-hydrogen) atoms. The van der Waals surface area contributed by atoms with Crippen molar-refractivity contribution in [3.05, 3.63) is 90.5 Å². The zero-order valence-electron chi connectivity index (χ0n) is 17.4. The van der Waals surface area contributed by atoms with Crippen LogP contribution in [-0.2, 0) is 0 Å². The SMILES string of the molecule is Cc1nc(Oc2ccc(NC(=O)c3cc4ccccc4o3)cc2)cc(-n2ccnc2C)n1. The fraction of sp³-hybridized carbons (Fsp3) is 0.0833. The number of carbonyl (C=O) groups excluding carboxylic acids is 1. The summed E-state index contributed by atoms with van der Waals surface area (Å²) in [6.45, 7) is 3.70. The molecular weight excluding hydrogens is 406 g/mol. The zero-order chi connectivity index (χ0) is 22.1. The summed E-state index contributed by atoms with van der Waals surface area (Å²) < 4.78 is 13.4. The fourth-order valence-electron chi connectivity index (χ4n) is 3.33. The summed E-state index contributed by atoms with van der Waals surface area (Å²) in [5, 5.41) is 3.71. The van der Waals surface area contributed by atoms with E-state index < -0.39 is 0 Å². The van der Waals surface area contributed by atoms with Gasteiger partial charge >= 0.3 is 0 Å². The van der Waals surface area contributed by atoms with Gasteiger partial charge in [-0.2, -0.15) is 4.98 Å². The van der Waals surface area contributed by atoms with Gasteiger partial charge in [-0.15, -0.1) is 0 Å². The molecule has 0 radical (unpaired) electrons. The predicted octanol–water partition coefficient (Wildman–Crippen LogP) is 5.07. The molecule has 1 N–H and O–H groups in total. The number of benzene rings is 2. The predicted molar refractivity (Wildman–Crippen MR) is 119 cm³/mol. The van der Waals surface area contributed by atoms with Crippen molar-refractivity contribution in [2.24, 2.45) is 0 Å². The summed E-state index contributed by atoms with van der Waals surface area (Å²) in [7, 11) is 0. The molecular formula is C24H19N5O3. The Morgan fingerprint density at radius 3 is 2.59 bits per heavy atom. The number of amides is 1. The van der Waals surface area contributed by atoms with Crippen LogP contribution in [-0.4, -0.2) is 25.4 Å². The number of para-hydroxylation sites is 1. The van der Waals surface area contributed by atoms with Crippen molar-refractivity contribution in [3.63, 3.8) is 0 Å². The maximum Gasteiger partial charge on any atom is 0.291 e. The van der Waals surface area contributed by atoms with Crippen molar-refractivity contribution in [2.75, 3.05) is 5.32 Å². The number of hydrogen-bond donors (Lipinski definition) is 1. The molecule has 5 rings (SSSR count). The highest BCUT2D eigenvalue weighted by Crippen LogP contribution is 2.24. The number of aryl methyl sites for hydroxylation is 2. The maximum atomic E-state index is 12.5. The van der Waals surface area contributed by atoms with E-state index in [2.05, 4.69) is 20.3 Å². The highest BCUT2D eigenvalue weighted by atomic mass is 16.5. The van der Waals surface area contributed by atoms with Gasteiger partial charge in [-0.1, -0.05) is 18.2 Å². The van der Waals surface area contributed by atoms with Crippen molar-refractivity contribution in [3.8, 4) is 17.4 Å². The number of furan rings is 1. The molecule has 0 atom stereocenters. The smallest absolute Gasteiger partial charge is 0.291 e. The van der Waals surface area contributed by atoms with E-state index in [9.17, 15) is 4.79 Å². The molecule has 8 heteroatoms. The number of ether oxygens (including phenoxy) is 1. The van der Waals surface area contributed by atoms with Crippen molar-refractivity contribution < 1.29 is 13.9 Å². The average molecular weight is 425 g/mol. The van der Waals surface area contributed by atoms with Crippen LogP contribution in [0.15, 0.2) is 77.5 Å². The number of fused-ring (bicyclic) bond motifs is 1. The third-order valence-electron chi connectivity index (χ3n) is 4.86. The summed E-state index contributed by atoms with van der Waals surface area (Å²) in [6, 6.07) is 18.0. The third-order valence-corrected chi connectivity index (χ3v) is 4.86. The number of nitrogens with one attached hydrogen (secondary N) is 1. The molecule has 5 aromatic rings. The molecule has 3 heterocycles. The van der Waals surface area contributed by atoms with Crippen LogP contribution in [0.4, 0.5) is 5.69 Å². The van der Waals surface area contributed by atoms with E-state index in [-0.39, 0.29) is 11.7 Å². The number of nitrogens with zero attached hydrogens (tertiary/aromatic N) is 4. The molecule has 0 aliphatic rings. The number of anilines is 1. The Morgan fingerprint density at radius 2 is 1.84 bits per heavy atom. The van der Waals surface area contributed by atoms with Gasteiger partial charge in [0.1, 0.15) is 28.8 Å². The van der Waals surface area contributed by atoms with E-state index in [4.69, 9.17) is 9.15 Å². The van der Waals surface area contributed by atoms with Gasteiger partial charge in [-0.05, 0) is 50.2 Å². The van der Waals surface area contributed by atoms with Crippen molar-refractivity contribution in [1.82, 2.24) is 19.5 Å². The largest absolute Gasteiger partial charge is 0.451 e. The van der Waals surface area contributed by atoms with Crippen LogP contribution >= 0.6 is 0 Å². The summed E-state index contributed by atoms with van der Waals surface area (Å²) >= 11 is 0. The minimum absolute atomic E-state index is 0.255. The second-order valence-electron chi connectivity index (χ2n) is 7.19. The van der Waals surface area contributed by atoms with E-state index >= 15 is 0 Å². The quantitative estimate of drug-likeness (QED) is 0.422. The normalized spacial score (nSPS) is 10.9. The first-order valence-electron chi connectivity index (χ1n) is 9.99. The van der Waals surface area contributed by atoms with E-state index in [0.29, 0.717) is 34.5 Å². The molecule has 3 aromatic heterocycles. The Bertz CT molecular complexity index is 1390. The van der Waals surface area contributed by atoms with Gasteiger partial charge in [-0.25, -0.2) is 9.97 Å². The summed E-state index contributed by atoms with van der Waals surface area (Å²) in [5.41, 5.74) is 1.29. The molecule has 1 amide bonds. The van der Waals surface area contributed by atoms with E-state index in [1.807, 2.05) is 42.0 Å². The molecule has 0 aliphatic carbocycles. The van der Waals surface area contributed by atoms with Crippen LogP contribution in [0.3, 0.4) is 0 Å². The molecule has 0 saturated carbocycles. The van der Waals surface area contributed by atoms with Gasteiger partial charge in [0.05, 0.1) is 0 Å². The number of hydrogen-bond acceptors (Lipinski definition) is 6. The average Bonchev–Trinajstić information content (AvgIpc) is 3.41. The van der Waals surface area contributed by atoms with E-state index in [1.54, 1.807) is 49.5 Å². The lowest BCUT2D eigenvalue weighted by atomic mass is 10.2. The number of carbonyl (C=O) groups is 1. The molecule has 8 nitrogen and oxygen atoms in total. The Morgan fingerprint density at radius 1 is 1.03 bits per heavy atom. The molecule has 0 unspecified atom stereocenters. The third kappa shape index (κ3) is 3.93. The van der Waals surface area contributed by atoms with E-state index in [0.717, 1.165) is 11.2 Å². The first-order chi connectivity index (χ1) is 15.5. The minimum Gasteiger partial charge on any atom is -0.451 e. The summed E-state index contributed by atoms with van der Waals surface area (Å²) in [5.74, 6) is 3.01. The Balaban J connectivity index is 1.30. The summed E-state index contributed by atoms with van der Waals surface area (Å²) in [4.78, 5) is 25.5. The highest BCUT2D eigenvalue weighted by Gasteiger charge is 2.13. The minimum atomic E-state index is -0.318. The van der Waals surface area contributed by atoms with Crippen LogP contribution in [0.2, 0.25) is 0 Å². The lowest BCUT2D eigenvalue weighted by Gasteiger charge is -2.10. The Kier molecular flexibility index (Phi) is 4.87. The fourth-order valence-corrected chi connectivity index (χ4v) is 3.33. The monoisotopic (exact) mass is 425 g/mol. The number of aromatic nitrogens is 4. The van der Waals surface area contributed by atoms with Gasteiger partial charge in [0.15, 0.2) is 5.76 Å². The standard InChI is InChI=1S/C24H19N5O3/c1-15-26-22(29-12-11-25-16(29)2)14-23(27-15)31-19-9-7-18(8-10-19)28-24(30)21-13-17-5-3-4-6-20(17)32-21/h3-14H,1-2H3,(H,28,30). The Labute approximate surface area is 183 Å². The molecule has 158 valence electrons. The van der Waals surface area contributed by atoms with Crippen molar-refractivity contribution >= 4 is 22.6 Å². The van der Waals surface area contributed by atoms with E-state index in [1.165, 1.54) is 0 Å². The number of imidazole rings is 1. The van der Waals surface area contributed by atoms with Gasteiger partial charge in [0.2, 0.25) is 5.88 Å². The van der Waals surface area contributed by atoms with Crippen LogP contribution in [0.25, 0.3) is 16.8 Å². The van der Waals surface area contributed by atoms with Gasteiger partial charge in [0, 0.05) is 29.5 Å². The van der Waals surface area contributed by atoms with Crippen LogP contribution < -0.4 is 10.1 Å². The highest BCUT2D eigenvalue weighted by molar-refractivity contribution is 6.04. The Hall–Kier alpha value is -4.46. The van der Waals surface area contributed by atoms with Crippen molar-refractivity contribution in [2.45, 2.75) is 13.8 Å². The summed E-state index contributed by atoms with van der Waals surface area (Å²) in [6.07, 6.45) is 3.55. The second-order valence-corrected chi connectivity index (χ2v) is 7.19.